The summed E-state index contributed by atoms with van der Waals surface area (Å²) < 4.78 is 5.47. The Kier molecular flexibility index (Phi) is 3.72. The number of anilines is 1. The molecule has 1 aromatic rings. The Hall–Kier alpha value is -1.02. The van der Waals surface area contributed by atoms with Crippen LogP contribution in [0.4, 0.5) is 5.69 Å². The second-order valence-electron chi connectivity index (χ2n) is 5.54. The third kappa shape index (κ3) is 3.22. The molecule has 1 unspecified atom stereocenters. The van der Waals surface area contributed by atoms with Gasteiger partial charge in [-0.2, -0.15) is 0 Å². The van der Waals surface area contributed by atoms with E-state index in [0.29, 0.717) is 6.04 Å². The fraction of sp³-hybridized carbons (Fsp3) is 0.600. The molecule has 2 nitrogen and oxygen atoms in total. The summed E-state index contributed by atoms with van der Waals surface area (Å²) in [5.41, 5.74) is 2.77. The van der Waals surface area contributed by atoms with Crippen molar-refractivity contribution in [1.29, 1.82) is 0 Å². The van der Waals surface area contributed by atoms with Crippen LogP contribution in [0.1, 0.15) is 38.7 Å². The first kappa shape index (κ1) is 12.4. The number of benzene rings is 1. The summed E-state index contributed by atoms with van der Waals surface area (Å²) in [5, 5.41) is 3.64. The Labute approximate surface area is 104 Å². The van der Waals surface area contributed by atoms with Gasteiger partial charge in [-0.1, -0.05) is 18.2 Å². The molecule has 1 atom stereocenters. The van der Waals surface area contributed by atoms with Crippen molar-refractivity contribution in [2.45, 2.75) is 51.2 Å². The molecule has 94 valence electrons. The maximum atomic E-state index is 5.47. The summed E-state index contributed by atoms with van der Waals surface area (Å²) >= 11 is 0. The molecule has 0 saturated heterocycles. The Balaban J connectivity index is 1.90. The van der Waals surface area contributed by atoms with E-state index in [2.05, 4.69) is 43.4 Å². The highest BCUT2D eigenvalue weighted by Gasteiger charge is 2.22. The smallest absolute Gasteiger partial charge is 0.0623 e. The van der Waals surface area contributed by atoms with E-state index in [1.807, 2.05) is 0 Å². The molecule has 0 amide bonds. The average Bonchev–Trinajstić information content (AvgIpc) is 2.36. The van der Waals surface area contributed by atoms with Gasteiger partial charge in [0.05, 0.1) is 5.60 Å². The van der Waals surface area contributed by atoms with Crippen molar-refractivity contribution in [2.75, 3.05) is 12.4 Å². The molecule has 0 fully saturated rings. The Bertz CT molecular complexity index is 373. The van der Waals surface area contributed by atoms with Crippen LogP contribution >= 0.6 is 0 Å². The van der Waals surface area contributed by atoms with Crippen molar-refractivity contribution < 1.29 is 4.74 Å². The predicted octanol–water partition coefficient (Wildman–Crippen LogP) is 3.62. The zero-order chi connectivity index (χ0) is 12.3. The zero-order valence-electron chi connectivity index (χ0n) is 11.1. The van der Waals surface area contributed by atoms with E-state index in [4.69, 9.17) is 4.74 Å². The summed E-state index contributed by atoms with van der Waals surface area (Å²) in [6.07, 6.45) is 4.70. The van der Waals surface area contributed by atoms with E-state index in [-0.39, 0.29) is 5.60 Å². The van der Waals surface area contributed by atoms with Gasteiger partial charge in [0.15, 0.2) is 0 Å². The van der Waals surface area contributed by atoms with E-state index >= 15 is 0 Å². The maximum absolute atomic E-state index is 5.47. The molecule has 0 saturated carbocycles. The second kappa shape index (κ2) is 5.09. The monoisotopic (exact) mass is 233 g/mol. The average molecular weight is 233 g/mol. The van der Waals surface area contributed by atoms with Gasteiger partial charge in [-0.05, 0) is 51.2 Å². The number of para-hydroxylation sites is 1. The number of ether oxygens (including phenoxy) is 1. The summed E-state index contributed by atoms with van der Waals surface area (Å²) in [7, 11) is 1.80. The standard InChI is InChI=1S/C15H23NO/c1-15(2,17-3)11-10-13-9-8-12-6-4-5-7-14(12)16-13/h4-7,13,16H,8-11H2,1-3H3. The molecule has 1 aliphatic rings. The van der Waals surface area contributed by atoms with Gasteiger partial charge in [-0.3, -0.25) is 0 Å². The third-order valence-electron chi connectivity index (χ3n) is 3.79. The lowest BCUT2D eigenvalue weighted by Crippen LogP contribution is -2.30. The highest BCUT2D eigenvalue weighted by Crippen LogP contribution is 2.27. The molecule has 2 rings (SSSR count). The van der Waals surface area contributed by atoms with Gasteiger partial charge in [0, 0.05) is 18.8 Å². The SMILES string of the molecule is COC(C)(C)CCC1CCc2ccccc2N1. The molecule has 0 spiro atoms. The first-order valence-electron chi connectivity index (χ1n) is 6.50. The molecular weight excluding hydrogens is 210 g/mol. The summed E-state index contributed by atoms with van der Waals surface area (Å²) in [6.45, 7) is 4.31. The van der Waals surface area contributed by atoms with Crippen molar-refractivity contribution in [1.82, 2.24) is 0 Å². The highest BCUT2D eigenvalue weighted by atomic mass is 16.5. The molecule has 2 heteroatoms. The van der Waals surface area contributed by atoms with E-state index in [1.165, 1.54) is 30.5 Å². The Morgan fingerprint density at radius 3 is 2.88 bits per heavy atom. The van der Waals surface area contributed by atoms with Crippen LogP contribution in [0, 0.1) is 0 Å². The largest absolute Gasteiger partial charge is 0.382 e. The van der Waals surface area contributed by atoms with Crippen LogP contribution in [0.25, 0.3) is 0 Å². The zero-order valence-corrected chi connectivity index (χ0v) is 11.1. The summed E-state index contributed by atoms with van der Waals surface area (Å²) in [5.74, 6) is 0. The lowest BCUT2D eigenvalue weighted by Gasteiger charge is -2.30. The van der Waals surface area contributed by atoms with Gasteiger partial charge in [-0.25, -0.2) is 0 Å². The first-order chi connectivity index (χ1) is 8.11. The van der Waals surface area contributed by atoms with Gasteiger partial charge < -0.3 is 10.1 Å². The molecule has 0 aromatic heterocycles. The summed E-state index contributed by atoms with van der Waals surface area (Å²) in [6, 6.07) is 9.22. The Morgan fingerprint density at radius 2 is 2.12 bits per heavy atom. The van der Waals surface area contributed by atoms with Crippen molar-refractivity contribution >= 4 is 5.69 Å². The molecule has 0 aliphatic carbocycles. The fourth-order valence-electron chi connectivity index (χ4n) is 2.34. The van der Waals surface area contributed by atoms with Crippen LogP contribution in [0.5, 0.6) is 0 Å². The lowest BCUT2D eigenvalue weighted by molar-refractivity contribution is 0.0127. The molecule has 1 aromatic carbocycles. The van der Waals surface area contributed by atoms with E-state index in [9.17, 15) is 0 Å². The molecule has 17 heavy (non-hydrogen) atoms. The maximum Gasteiger partial charge on any atom is 0.0623 e. The second-order valence-corrected chi connectivity index (χ2v) is 5.54. The van der Waals surface area contributed by atoms with Crippen LogP contribution in [0.2, 0.25) is 0 Å². The predicted molar refractivity (Wildman–Crippen MR) is 72.5 cm³/mol. The van der Waals surface area contributed by atoms with Crippen LogP contribution in [0.3, 0.4) is 0 Å². The number of fused-ring (bicyclic) bond motifs is 1. The Morgan fingerprint density at radius 1 is 1.35 bits per heavy atom. The highest BCUT2D eigenvalue weighted by molar-refractivity contribution is 5.53. The first-order valence-corrected chi connectivity index (χ1v) is 6.50. The lowest BCUT2D eigenvalue weighted by atomic mass is 9.92. The van der Waals surface area contributed by atoms with Gasteiger partial charge in [0.1, 0.15) is 0 Å². The van der Waals surface area contributed by atoms with E-state index < -0.39 is 0 Å². The number of hydrogen-bond donors (Lipinski definition) is 1. The number of nitrogens with one attached hydrogen (secondary N) is 1. The fourth-order valence-corrected chi connectivity index (χ4v) is 2.34. The van der Waals surface area contributed by atoms with Crippen LogP contribution < -0.4 is 5.32 Å². The van der Waals surface area contributed by atoms with Crippen LogP contribution in [-0.4, -0.2) is 18.8 Å². The van der Waals surface area contributed by atoms with Crippen molar-refractivity contribution in [3.63, 3.8) is 0 Å². The molecule has 1 N–H and O–H groups in total. The van der Waals surface area contributed by atoms with Gasteiger partial charge in [-0.15, -0.1) is 0 Å². The summed E-state index contributed by atoms with van der Waals surface area (Å²) in [4.78, 5) is 0. The normalized spacial score (nSPS) is 19.6. The van der Waals surface area contributed by atoms with Crippen LogP contribution in [0.15, 0.2) is 24.3 Å². The topological polar surface area (TPSA) is 21.3 Å². The minimum Gasteiger partial charge on any atom is -0.382 e. The third-order valence-corrected chi connectivity index (χ3v) is 3.79. The van der Waals surface area contributed by atoms with E-state index in [1.54, 1.807) is 7.11 Å². The molecule has 0 radical (unpaired) electrons. The van der Waals surface area contributed by atoms with Crippen LogP contribution in [-0.2, 0) is 11.2 Å². The minimum absolute atomic E-state index is 0.00134. The number of hydrogen-bond acceptors (Lipinski definition) is 2. The number of rotatable bonds is 4. The molecule has 1 aliphatic heterocycles. The molecular formula is C15H23NO. The quantitative estimate of drug-likeness (QED) is 0.857. The molecule has 0 bridgehead atoms. The number of aryl methyl sites for hydroxylation is 1. The minimum atomic E-state index is -0.00134. The molecule has 1 heterocycles. The van der Waals surface area contributed by atoms with Gasteiger partial charge >= 0.3 is 0 Å². The van der Waals surface area contributed by atoms with E-state index in [0.717, 1.165) is 6.42 Å². The van der Waals surface area contributed by atoms with Crippen molar-refractivity contribution in [3.8, 4) is 0 Å². The van der Waals surface area contributed by atoms with Gasteiger partial charge in [0.25, 0.3) is 0 Å². The van der Waals surface area contributed by atoms with Crippen molar-refractivity contribution in [2.24, 2.45) is 0 Å². The van der Waals surface area contributed by atoms with Crippen molar-refractivity contribution in [3.05, 3.63) is 29.8 Å². The number of methoxy groups -OCH3 is 1. The van der Waals surface area contributed by atoms with Gasteiger partial charge in [0.2, 0.25) is 0 Å².